The van der Waals surface area contributed by atoms with Crippen molar-refractivity contribution in [3.63, 3.8) is 0 Å². The Balaban J connectivity index is 1.73. The van der Waals surface area contributed by atoms with Crippen LogP contribution in [-0.4, -0.2) is 16.5 Å². The first-order chi connectivity index (χ1) is 8.93. The molecular weight excluding hydrogens is 234 g/mol. The van der Waals surface area contributed by atoms with Crippen molar-refractivity contribution < 1.29 is 0 Å². The molecule has 0 unspecified atom stereocenters. The van der Waals surface area contributed by atoms with Crippen LogP contribution in [0, 0.1) is 16.7 Å². The van der Waals surface area contributed by atoms with Gasteiger partial charge in [0, 0.05) is 6.54 Å². The Bertz CT molecular complexity index is 602. The van der Waals surface area contributed by atoms with E-state index >= 15 is 0 Å². The predicted octanol–water partition coefficient (Wildman–Crippen LogP) is 3.72. The van der Waals surface area contributed by atoms with Crippen molar-refractivity contribution in [3.8, 4) is 0 Å². The molecule has 0 atom stereocenters. The van der Waals surface area contributed by atoms with E-state index in [2.05, 4.69) is 43.0 Å². The van der Waals surface area contributed by atoms with E-state index in [1.54, 1.807) is 0 Å². The van der Waals surface area contributed by atoms with Gasteiger partial charge in [0.2, 0.25) is 0 Å². The lowest BCUT2D eigenvalue weighted by molar-refractivity contribution is 0.457. The average molecular weight is 255 g/mol. The van der Waals surface area contributed by atoms with Crippen LogP contribution < -0.4 is 5.32 Å². The monoisotopic (exact) mass is 255 g/mol. The molecule has 1 N–H and O–H groups in total. The number of anilines is 1. The highest BCUT2D eigenvalue weighted by molar-refractivity contribution is 5.75. The van der Waals surface area contributed by atoms with Crippen molar-refractivity contribution in [2.75, 3.05) is 11.9 Å². The summed E-state index contributed by atoms with van der Waals surface area (Å²) in [7, 11) is 0. The van der Waals surface area contributed by atoms with E-state index < -0.39 is 0 Å². The lowest BCUT2D eigenvalue weighted by atomic mass is 10.0. The quantitative estimate of drug-likeness (QED) is 0.908. The number of hydrogen-bond donors (Lipinski definition) is 1. The Morgan fingerprint density at radius 3 is 2.32 bits per heavy atom. The molecule has 1 aliphatic carbocycles. The van der Waals surface area contributed by atoms with E-state index in [4.69, 9.17) is 0 Å². The van der Waals surface area contributed by atoms with Gasteiger partial charge in [-0.3, -0.25) is 4.98 Å². The van der Waals surface area contributed by atoms with Gasteiger partial charge >= 0.3 is 0 Å². The predicted molar refractivity (Wildman–Crippen MR) is 79.1 cm³/mol. The zero-order chi connectivity index (χ0) is 13.7. The number of aromatic nitrogens is 2. The highest BCUT2D eigenvalue weighted by Crippen LogP contribution is 2.68. The van der Waals surface area contributed by atoms with Crippen LogP contribution in [0.5, 0.6) is 0 Å². The fourth-order valence-electron chi connectivity index (χ4n) is 3.09. The Hall–Kier alpha value is -1.64. The third-order valence-electron chi connectivity index (χ3n) is 5.26. The van der Waals surface area contributed by atoms with E-state index in [1.165, 1.54) is 0 Å². The molecule has 1 aromatic heterocycles. The van der Waals surface area contributed by atoms with Gasteiger partial charge in [-0.05, 0) is 28.9 Å². The van der Waals surface area contributed by atoms with Gasteiger partial charge in [-0.1, -0.05) is 39.8 Å². The smallest absolute Gasteiger partial charge is 0.145 e. The number of rotatable bonds is 3. The molecule has 3 nitrogen and oxygen atoms in total. The second kappa shape index (κ2) is 3.92. The summed E-state index contributed by atoms with van der Waals surface area (Å²) >= 11 is 0. The molecule has 1 aliphatic rings. The van der Waals surface area contributed by atoms with E-state index in [9.17, 15) is 0 Å². The van der Waals surface area contributed by atoms with Crippen molar-refractivity contribution in [2.45, 2.75) is 27.7 Å². The van der Waals surface area contributed by atoms with Crippen LogP contribution in [-0.2, 0) is 0 Å². The summed E-state index contributed by atoms with van der Waals surface area (Å²) < 4.78 is 0. The number of nitrogens with zero attached hydrogens (tertiary/aromatic N) is 2. The molecule has 0 radical (unpaired) electrons. The summed E-state index contributed by atoms with van der Waals surface area (Å²) in [6.45, 7) is 10.3. The van der Waals surface area contributed by atoms with Crippen molar-refractivity contribution in [1.82, 2.24) is 9.97 Å². The molecule has 1 fully saturated rings. The summed E-state index contributed by atoms with van der Waals surface area (Å²) in [5.41, 5.74) is 2.70. The van der Waals surface area contributed by atoms with Crippen molar-refractivity contribution in [1.29, 1.82) is 0 Å². The molecule has 0 saturated heterocycles. The van der Waals surface area contributed by atoms with E-state index in [0.29, 0.717) is 16.7 Å². The molecule has 2 aromatic rings. The van der Waals surface area contributed by atoms with Gasteiger partial charge in [-0.25, -0.2) is 4.98 Å². The molecule has 1 heterocycles. The number of nitrogens with one attached hydrogen (secondary N) is 1. The molecule has 19 heavy (non-hydrogen) atoms. The Morgan fingerprint density at radius 1 is 1.05 bits per heavy atom. The van der Waals surface area contributed by atoms with Crippen LogP contribution in [0.25, 0.3) is 11.0 Å². The van der Waals surface area contributed by atoms with E-state index in [-0.39, 0.29) is 0 Å². The first-order valence-corrected chi connectivity index (χ1v) is 6.88. The highest BCUT2D eigenvalue weighted by Gasteiger charge is 2.64. The first kappa shape index (κ1) is 12.4. The van der Waals surface area contributed by atoms with Gasteiger partial charge in [0.05, 0.1) is 17.2 Å². The van der Waals surface area contributed by atoms with Crippen LogP contribution in [0.4, 0.5) is 5.82 Å². The summed E-state index contributed by atoms with van der Waals surface area (Å²) in [4.78, 5) is 9.02. The summed E-state index contributed by atoms with van der Waals surface area (Å²) in [5, 5.41) is 3.44. The van der Waals surface area contributed by atoms with Crippen LogP contribution >= 0.6 is 0 Å². The maximum absolute atomic E-state index is 4.60. The molecule has 0 amide bonds. The van der Waals surface area contributed by atoms with Crippen LogP contribution in [0.15, 0.2) is 30.5 Å². The molecular formula is C16H21N3. The third-order valence-corrected chi connectivity index (χ3v) is 5.26. The summed E-state index contributed by atoms with van der Waals surface area (Å²) in [6.07, 6.45) is 1.82. The van der Waals surface area contributed by atoms with Gasteiger partial charge in [-0.2, -0.15) is 0 Å². The zero-order valence-corrected chi connectivity index (χ0v) is 12.1. The number of benzene rings is 1. The van der Waals surface area contributed by atoms with Gasteiger partial charge in [0.15, 0.2) is 0 Å². The summed E-state index contributed by atoms with van der Waals surface area (Å²) in [5.74, 6) is 1.56. The van der Waals surface area contributed by atoms with Gasteiger partial charge in [-0.15, -0.1) is 0 Å². The van der Waals surface area contributed by atoms with Crippen LogP contribution in [0.1, 0.15) is 27.7 Å². The van der Waals surface area contributed by atoms with Gasteiger partial charge < -0.3 is 5.32 Å². The first-order valence-electron chi connectivity index (χ1n) is 6.88. The van der Waals surface area contributed by atoms with Gasteiger partial charge in [0.1, 0.15) is 5.82 Å². The van der Waals surface area contributed by atoms with E-state index in [0.717, 1.165) is 23.4 Å². The molecule has 100 valence electrons. The molecule has 3 rings (SSSR count). The van der Waals surface area contributed by atoms with Crippen molar-refractivity contribution >= 4 is 16.9 Å². The number of para-hydroxylation sites is 2. The number of fused-ring (bicyclic) bond motifs is 1. The average Bonchev–Trinajstić information content (AvgIpc) is 2.77. The molecule has 0 bridgehead atoms. The molecule has 3 heteroatoms. The van der Waals surface area contributed by atoms with Gasteiger partial charge in [0.25, 0.3) is 0 Å². The molecule has 1 aromatic carbocycles. The molecule has 1 saturated carbocycles. The second-order valence-electron chi connectivity index (χ2n) is 6.62. The largest absolute Gasteiger partial charge is 0.368 e. The Labute approximate surface area is 114 Å². The minimum Gasteiger partial charge on any atom is -0.368 e. The Kier molecular flexibility index (Phi) is 2.56. The van der Waals surface area contributed by atoms with Crippen molar-refractivity contribution in [3.05, 3.63) is 30.5 Å². The van der Waals surface area contributed by atoms with Crippen LogP contribution in [0.2, 0.25) is 0 Å². The number of hydrogen-bond acceptors (Lipinski definition) is 3. The van der Waals surface area contributed by atoms with E-state index in [1.807, 2.05) is 30.5 Å². The minimum absolute atomic E-state index is 0.407. The maximum Gasteiger partial charge on any atom is 0.145 e. The molecule has 0 aliphatic heterocycles. The lowest BCUT2D eigenvalue weighted by Crippen LogP contribution is -2.09. The Morgan fingerprint density at radius 2 is 1.68 bits per heavy atom. The standard InChI is InChI=1S/C16H21N3/c1-15(2)13(16(15,3)4)9-18-14-10-17-11-7-5-6-8-12(11)19-14/h5-8,10,13H,9H2,1-4H3,(H,18,19). The minimum atomic E-state index is 0.407. The molecule has 0 spiro atoms. The lowest BCUT2D eigenvalue weighted by Gasteiger charge is -2.07. The fraction of sp³-hybridized carbons (Fsp3) is 0.500. The van der Waals surface area contributed by atoms with Crippen molar-refractivity contribution in [2.24, 2.45) is 16.7 Å². The third kappa shape index (κ3) is 1.88. The topological polar surface area (TPSA) is 37.8 Å². The fourth-order valence-corrected chi connectivity index (χ4v) is 3.09. The SMILES string of the molecule is CC1(C)C(CNc2cnc3ccccc3n2)C1(C)C. The normalized spacial score (nSPS) is 20.4. The second-order valence-corrected chi connectivity index (χ2v) is 6.62. The van der Waals surface area contributed by atoms with Crippen LogP contribution in [0.3, 0.4) is 0 Å². The zero-order valence-electron chi connectivity index (χ0n) is 12.1. The maximum atomic E-state index is 4.60. The highest BCUT2D eigenvalue weighted by atomic mass is 15.0. The summed E-state index contributed by atoms with van der Waals surface area (Å²) in [6, 6.07) is 7.96.